The first-order valence-corrected chi connectivity index (χ1v) is 8.98. The van der Waals surface area contributed by atoms with Crippen molar-refractivity contribution >= 4 is 40.9 Å². The number of carbonyl (C=O) groups is 2. The van der Waals surface area contributed by atoms with Crippen LogP contribution in [0.15, 0.2) is 35.9 Å². The number of esters is 1. The van der Waals surface area contributed by atoms with E-state index in [2.05, 4.69) is 10.6 Å². The number of hydrogen-bond donors (Lipinski definition) is 4. The number of methoxy groups -OCH3 is 2. The Morgan fingerprint density at radius 3 is 2.34 bits per heavy atom. The van der Waals surface area contributed by atoms with Crippen molar-refractivity contribution in [2.45, 2.75) is 6.04 Å². The minimum absolute atomic E-state index is 0.00499. The van der Waals surface area contributed by atoms with Crippen LogP contribution in [0.1, 0.15) is 17.2 Å². The quantitative estimate of drug-likeness (QED) is 0.543. The fraction of sp³-hybridized carbons (Fsp3) is 0.158. The molecule has 1 atom stereocenters. The third kappa shape index (κ3) is 3.76. The summed E-state index contributed by atoms with van der Waals surface area (Å²) in [7, 11) is 2.70. The maximum Gasteiger partial charge on any atom is 0.338 e. The molecule has 10 heteroatoms. The highest BCUT2D eigenvalue weighted by atomic mass is 35.5. The number of hydrogen-bond acceptors (Lipinski definition) is 6. The second-order valence-corrected chi connectivity index (χ2v) is 6.78. The molecule has 0 radical (unpaired) electrons. The predicted octanol–water partition coefficient (Wildman–Crippen LogP) is 3.35. The lowest BCUT2D eigenvalue weighted by Gasteiger charge is -2.30. The van der Waals surface area contributed by atoms with Crippen LogP contribution in [0, 0.1) is 0 Å². The number of nitrogens with one attached hydrogen (secondary N) is 2. The van der Waals surface area contributed by atoms with Crippen LogP contribution in [-0.2, 0) is 9.53 Å². The van der Waals surface area contributed by atoms with Crippen LogP contribution < -0.4 is 15.4 Å². The summed E-state index contributed by atoms with van der Waals surface area (Å²) in [6.07, 6.45) is 0. The molecule has 4 N–H and O–H groups in total. The van der Waals surface area contributed by atoms with E-state index in [0.29, 0.717) is 11.3 Å². The van der Waals surface area contributed by atoms with Crippen molar-refractivity contribution in [3.8, 4) is 17.2 Å². The van der Waals surface area contributed by atoms with E-state index in [1.165, 1.54) is 20.3 Å². The minimum Gasteiger partial charge on any atom is -0.506 e. The number of phenolic OH excluding ortho intramolecular Hbond substituents is 2. The third-order valence-electron chi connectivity index (χ3n) is 4.36. The van der Waals surface area contributed by atoms with Gasteiger partial charge in [0.15, 0.2) is 5.75 Å². The molecule has 2 amide bonds. The number of urea groups is 1. The zero-order valence-corrected chi connectivity index (χ0v) is 16.8. The number of ether oxygens (including phenoxy) is 2. The van der Waals surface area contributed by atoms with Gasteiger partial charge in [-0.25, -0.2) is 9.59 Å². The second kappa shape index (κ2) is 8.10. The fourth-order valence-corrected chi connectivity index (χ4v) is 3.42. The zero-order chi connectivity index (χ0) is 21.3. The van der Waals surface area contributed by atoms with E-state index in [4.69, 9.17) is 32.7 Å². The molecule has 1 aliphatic heterocycles. The molecule has 1 aliphatic rings. The van der Waals surface area contributed by atoms with Crippen molar-refractivity contribution in [1.29, 1.82) is 0 Å². The lowest BCUT2D eigenvalue weighted by molar-refractivity contribution is -0.136. The van der Waals surface area contributed by atoms with Crippen molar-refractivity contribution in [1.82, 2.24) is 10.6 Å². The Hall–Kier alpha value is -3.10. The number of phenols is 2. The normalized spacial score (nSPS) is 16.1. The molecule has 0 saturated carbocycles. The van der Waals surface area contributed by atoms with Crippen LogP contribution in [0.25, 0.3) is 5.70 Å². The summed E-state index contributed by atoms with van der Waals surface area (Å²) in [6, 6.07) is 6.05. The van der Waals surface area contributed by atoms with E-state index < -0.39 is 34.6 Å². The Balaban J connectivity index is 2.25. The van der Waals surface area contributed by atoms with Crippen LogP contribution in [0.5, 0.6) is 17.2 Å². The molecule has 2 aromatic rings. The lowest BCUT2D eigenvalue weighted by Crippen LogP contribution is -2.45. The van der Waals surface area contributed by atoms with Gasteiger partial charge < -0.3 is 30.3 Å². The van der Waals surface area contributed by atoms with Gasteiger partial charge in [-0.2, -0.15) is 0 Å². The van der Waals surface area contributed by atoms with E-state index in [9.17, 15) is 19.8 Å². The largest absolute Gasteiger partial charge is 0.506 e. The maximum atomic E-state index is 12.6. The first kappa shape index (κ1) is 20.6. The molecule has 0 aromatic heterocycles. The van der Waals surface area contributed by atoms with Crippen LogP contribution in [0.2, 0.25) is 10.0 Å². The van der Waals surface area contributed by atoms with E-state index >= 15 is 0 Å². The summed E-state index contributed by atoms with van der Waals surface area (Å²) in [4.78, 5) is 24.9. The topological polar surface area (TPSA) is 117 Å². The Kier molecular flexibility index (Phi) is 5.76. The Morgan fingerprint density at radius 1 is 1.10 bits per heavy atom. The number of halogens is 2. The summed E-state index contributed by atoms with van der Waals surface area (Å²) >= 11 is 11.9. The molecule has 0 fully saturated rings. The van der Waals surface area contributed by atoms with Crippen molar-refractivity contribution in [3.05, 3.63) is 57.1 Å². The van der Waals surface area contributed by atoms with Gasteiger partial charge in [0.05, 0.1) is 36.6 Å². The highest BCUT2D eigenvalue weighted by molar-refractivity contribution is 6.38. The summed E-state index contributed by atoms with van der Waals surface area (Å²) in [5, 5.41) is 24.8. The smallest absolute Gasteiger partial charge is 0.338 e. The Labute approximate surface area is 175 Å². The number of amides is 2. The molecule has 1 heterocycles. The number of carbonyl (C=O) groups excluding carboxylic acids is 2. The Morgan fingerprint density at radius 2 is 1.76 bits per heavy atom. The molecular formula is C19H16Cl2N2O6. The predicted molar refractivity (Wildman–Crippen MR) is 106 cm³/mol. The summed E-state index contributed by atoms with van der Waals surface area (Å²) in [6.45, 7) is 0. The summed E-state index contributed by atoms with van der Waals surface area (Å²) < 4.78 is 10.0. The average Bonchev–Trinajstić information content (AvgIpc) is 2.73. The first-order chi connectivity index (χ1) is 13.8. The summed E-state index contributed by atoms with van der Waals surface area (Å²) in [5.74, 6) is -1.22. The van der Waals surface area contributed by atoms with Crippen molar-refractivity contribution in [2.24, 2.45) is 0 Å². The van der Waals surface area contributed by atoms with Crippen molar-refractivity contribution < 1.29 is 29.3 Å². The van der Waals surface area contributed by atoms with Gasteiger partial charge >= 0.3 is 12.0 Å². The molecule has 0 saturated heterocycles. The highest BCUT2D eigenvalue weighted by Gasteiger charge is 2.36. The lowest BCUT2D eigenvalue weighted by atomic mass is 9.92. The van der Waals surface area contributed by atoms with Crippen LogP contribution >= 0.6 is 23.2 Å². The number of benzene rings is 2. The van der Waals surface area contributed by atoms with Crippen LogP contribution in [-0.4, -0.2) is 36.4 Å². The van der Waals surface area contributed by atoms with Gasteiger partial charge in [0.25, 0.3) is 0 Å². The Bertz CT molecular complexity index is 1020. The summed E-state index contributed by atoms with van der Waals surface area (Å²) in [5.41, 5.74) is 0.693. The van der Waals surface area contributed by atoms with Crippen molar-refractivity contribution in [3.63, 3.8) is 0 Å². The van der Waals surface area contributed by atoms with Gasteiger partial charge in [0.2, 0.25) is 0 Å². The molecule has 2 aromatic carbocycles. The van der Waals surface area contributed by atoms with Gasteiger partial charge in [-0.1, -0.05) is 23.2 Å². The van der Waals surface area contributed by atoms with Crippen LogP contribution in [0.3, 0.4) is 0 Å². The molecule has 29 heavy (non-hydrogen) atoms. The molecule has 0 bridgehead atoms. The van der Waals surface area contributed by atoms with Crippen molar-refractivity contribution in [2.75, 3.05) is 14.2 Å². The van der Waals surface area contributed by atoms with E-state index in [1.54, 1.807) is 24.3 Å². The first-order valence-electron chi connectivity index (χ1n) is 8.22. The zero-order valence-electron chi connectivity index (χ0n) is 15.2. The monoisotopic (exact) mass is 438 g/mol. The highest BCUT2D eigenvalue weighted by Crippen LogP contribution is 2.45. The fourth-order valence-electron chi connectivity index (χ4n) is 2.95. The van der Waals surface area contributed by atoms with Gasteiger partial charge in [0, 0.05) is 5.56 Å². The molecule has 0 spiro atoms. The van der Waals surface area contributed by atoms with Gasteiger partial charge in [0.1, 0.15) is 16.5 Å². The number of aromatic hydroxyl groups is 2. The minimum atomic E-state index is -1.15. The number of rotatable bonds is 4. The maximum absolute atomic E-state index is 12.6. The standard InChI is InChI=1S/C19H16Cl2N2O6/c1-28-9-5-3-8(4-6-9)14-12(18(26)29-2)15(23-19(27)22-14)10-7-11(20)17(25)13(21)16(10)24/h3-7,15,24-25H,1-2H3,(H2,22,23,27). The molecule has 8 nitrogen and oxygen atoms in total. The van der Waals surface area contributed by atoms with E-state index in [0.717, 1.165) is 0 Å². The third-order valence-corrected chi connectivity index (χ3v) is 5.01. The van der Waals surface area contributed by atoms with Crippen LogP contribution in [0.4, 0.5) is 4.79 Å². The molecule has 0 aliphatic carbocycles. The van der Waals surface area contributed by atoms with E-state index in [1.807, 2.05) is 0 Å². The molecular weight excluding hydrogens is 423 g/mol. The molecule has 3 rings (SSSR count). The average molecular weight is 439 g/mol. The van der Waals surface area contributed by atoms with Gasteiger partial charge in [-0.05, 0) is 35.9 Å². The molecule has 1 unspecified atom stereocenters. The van der Waals surface area contributed by atoms with Gasteiger partial charge in [-0.15, -0.1) is 0 Å². The SMILES string of the molecule is COC(=O)C1=C(c2ccc(OC)cc2)NC(=O)NC1c1cc(Cl)c(O)c(Cl)c1O. The van der Waals surface area contributed by atoms with Gasteiger partial charge in [-0.3, -0.25) is 0 Å². The second-order valence-electron chi connectivity index (χ2n) is 6.00. The van der Waals surface area contributed by atoms with E-state index in [-0.39, 0.29) is 21.9 Å². The molecule has 152 valence electrons.